The van der Waals surface area contributed by atoms with Crippen molar-refractivity contribution in [2.75, 3.05) is 20.3 Å². The van der Waals surface area contributed by atoms with Crippen molar-refractivity contribution in [1.82, 2.24) is 9.91 Å². The van der Waals surface area contributed by atoms with Gasteiger partial charge in [0.2, 0.25) is 12.0 Å². The molecular weight excluding hydrogens is 296 g/mol. The van der Waals surface area contributed by atoms with Crippen LogP contribution in [0.3, 0.4) is 0 Å². The summed E-state index contributed by atoms with van der Waals surface area (Å²) in [5.41, 5.74) is 0.496. The molecule has 10 heteroatoms. The number of carbonyl (C=O) groups is 3. The van der Waals surface area contributed by atoms with E-state index in [2.05, 4.69) is 10.1 Å². The minimum atomic E-state index is -1.22. The van der Waals surface area contributed by atoms with Crippen LogP contribution in [0.5, 0.6) is 0 Å². The molecule has 0 saturated heterocycles. The zero-order chi connectivity index (χ0) is 16.3. The number of rotatable bonds is 6. The molecule has 116 valence electrons. The number of hydrazine groups is 1. The van der Waals surface area contributed by atoms with Gasteiger partial charge in [0.15, 0.2) is 6.54 Å². The summed E-state index contributed by atoms with van der Waals surface area (Å²) in [5.74, 6) is -2.32. The van der Waals surface area contributed by atoms with Crippen LogP contribution in [0.25, 0.3) is 0 Å². The van der Waals surface area contributed by atoms with E-state index < -0.39 is 31.1 Å². The number of carboxylic acids is 1. The van der Waals surface area contributed by atoms with Gasteiger partial charge in [-0.2, -0.15) is 0 Å². The van der Waals surface area contributed by atoms with Crippen molar-refractivity contribution < 1.29 is 29.3 Å². The van der Waals surface area contributed by atoms with Gasteiger partial charge in [0, 0.05) is 0 Å². The summed E-state index contributed by atoms with van der Waals surface area (Å²) in [4.78, 5) is 39.7. The van der Waals surface area contributed by atoms with E-state index in [-0.39, 0.29) is 16.1 Å². The molecule has 0 aromatic heterocycles. The SMILES string of the molecule is CN(CC(=O)O)/[N+]([O-])=N/OCN1C(=O)c2ccccc2C1=O. The van der Waals surface area contributed by atoms with Gasteiger partial charge in [-0.1, -0.05) is 12.1 Å². The lowest BCUT2D eigenvalue weighted by Crippen LogP contribution is -2.34. The highest BCUT2D eigenvalue weighted by Crippen LogP contribution is 2.21. The van der Waals surface area contributed by atoms with E-state index in [4.69, 9.17) is 5.11 Å². The van der Waals surface area contributed by atoms with Gasteiger partial charge in [0.25, 0.3) is 11.8 Å². The normalized spacial score (nSPS) is 14.0. The van der Waals surface area contributed by atoms with E-state index in [0.717, 1.165) is 9.91 Å². The third-order valence-electron chi connectivity index (χ3n) is 2.85. The summed E-state index contributed by atoms with van der Waals surface area (Å²) in [6, 6.07) is 6.26. The van der Waals surface area contributed by atoms with Gasteiger partial charge in [0.1, 0.15) is 0 Å². The van der Waals surface area contributed by atoms with Crippen LogP contribution >= 0.6 is 0 Å². The molecule has 2 rings (SSSR count). The second kappa shape index (κ2) is 6.08. The average molecular weight is 308 g/mol. The van der Waals surface area contributed by atoms with E-state index in [9.17, 15) is 19.6 Å². The number of amides is 2. The van der Waals surface area contributed by atoms with E-state index >= 15 is 0 Å². The van der Waals surface area contributed by atoms with Crippen LogP contribution in [0.2, 0.25) is 0 Å². The standard InChI is InChI=1S/C12H12N4O6/c1-14(6-10(17)18)16(21)13-22-7-15-11(19)8-4-2-3-5-9(8)12(15)20/h2-5H,6-7H2,1H3,(H,17,18)/b16-13-. The maximum atomic E-state index is 12.0. The van der Waals surface area contributed by atoms with Crippen LogP contribution in [0.4, 0.5) is 0 Å². The molecule has 0 radical (unpaired) electrons. The molecule has 0 aliphatic carbocycles. The lowest BCUT2D eigenvalue weighted by atomic mass is 10.1. The molecule has 1 N–H and O–H groups in total. The van der Waals surface area contributed by atoms with Crippen LogP contribution in [0.1, 0.15) is 20.7 Å². The number of imide groups is 1. The number of hydrogen-bond donors (Lipinski definition) is 1. The number of fused-ring (bicyclic) bond motifs is 1. The Morgan fingerprint density at radius 1 is 1.36 bits per heavy atom. The Morgan fingerprint density at radius 2 is 1.91 bits per heavy atom. The second-order valence-corrected chi connectivity index (χ2v) is 4.39. The Labute approximate surface area is 124 Å². The molecule has 1 heterocycles. The fourth-order valence-electron chi connectivity index (χ4n) is 1.81. The predicted molar refractivity (Wildman–Crippen MR) is 69.2 cm³/mol. The first-order valence-corrected chi connectivity index (χ1v) is 6.10. The largest absolute Gasteiger partial charge is 0.569 e. The summed E-state index contributed by atoms with van der Waals surface area (Å²) >= 11 is 0. The maximum Gasteiger partial charge on any atom is 0.329 e. The highest BCUT2D eigenvalue weighted by molar-refractivity contribution is 6.21. The molecule has 0 spiro atoms. The molecular formula is C12H12N4O6. The van der Waals surface area contributed by atoms with Gasteiger partial charge in [-0.05, 0) is 12.1 Å². The lowest BCUT2D eigenvalue weighted by Gasteiger charge is -2.12. The summed E-state index contributed by atoms with van der Waals surface area (Å²) in [6.07, 6.45) is 0. The zero-order valence-corrected chi connectivity index (χ0v) is 11.5. The van der Waals surface area contributed by atoms with Crippen LogP contribution in [0, 0.1) is 5.21 Å². The third kappa shape index (κ3) is 2.95. The Bertz CT molecular complexity index is 624. The first-order valence-electron chi connectivity index (χ1n) is 6.10. The molecule has 2 amide bonds. The summed E-state index contributed by atoms with van der Waals surface area (Å²) in [5, 5.41) is 23.6. The van der Waals surface area contributed by atoms with E-state index in [1.54, 1.807) is 12.1 Å². The highest BCUT2D eigenvalue weighted by atomic mass is 16.7. The monoisotopic (exact) mass is 308 g/mol. The molecule has 0 fully saturated rings. The second-order valence-electron chi connectivity index (χ2n) is 4.39. The molecule has 1 aliphatic rings. The number of hydrogen-bond acceptors (Lipinski definition) is 6. The van der Waals surface area contributed by atoms with Crippen LogP contribution in [0.15, 0.2) is 29.5 Å². The molecule has 1 aromatic carbocycles. The minimum Gasteiger partial charge on any atom is -0.569 e. The molecule has 0 unspecified atom stereocenters. The smallest absolute Gasteiger partial charge is 0.329 e. The molecule has 10 nitrogen and oxygen atoms in total. The van der Waals surface area contributed by atoms with E-state index in [0.29, 0.717) is 0 Å². The third-order valence-corrected chi connectivity index (χ3v) is 2.85. The van der Waals surface area contributed by atoms with E-state index in [1.165, 1.54) is 19.2 Å². The summed E-state index contributed by atoms with van der Waals surface area (Å²) in [7, 11) is 1.19. The van der Waals surface area contributed by atoms with Crippen molar-refractivity contribution in [3.63, 3.8) is 0 Å². The molecule has 22 heavy (non-hydrogen) atoms. The Balaban J connectivity index is 1.98. The first-order chi connectivity index (χ1) is 10.4. The highest BCUT2D eigenvalue weighted by Gasteiger charge is 2.35. The van der Waals surface area contributed by atoms with E-state index in [1.807, 2.05) is 0 Å². The fourth-order valence-corrected chi connectivity index (χ4v) is 1.81. The quantitative estimate of drug-likeness (QED) is 0.341. The van der Waals surface area contributed by atoms with Crippen molar-refractivity contribution in [2.45, 2.75) is 0 Å². The number of benzene rings is 1. The predicted octanol–water partition coefficient (Wildman–Crippen LogP) is 0.0656. The van der Waals surface area contributed by atoms with Gasteiger partial charge < -0.3 is 15.2 Å². The van der Waals surface area contributed by atoms with Gasteiger partial charge in [-0.15, -0.1) is 5.01 Å². The number of carboxylic acid groups (broad SMARTS) is 1. The number of likely N-dealkylation sites (N-methyl/N-ethyl adjacent to an activating group) is 1. The van der Waals surface area contributed by atoms with Gasteiger partial charge >= 0.3 is 5.97 Å². The average Bonchev–Trinajstić information content (AvgIpc) is 2.72. The Kier molecular flexibility index (Phi) is 4.20. The number of carbonyl (C=O) groups excluding carboxylic acids is 2. The van der Waals surface area contributed by atoms with Gasteiger partial charge in [0.05, 0.1) is 23.1 Å². The van der Waals surface area contributed by atoms with Crippen molar-refractivity contribution in [3.05, 3.63) is 40.6 Å². The summed E-state index contributed by atoms with van der Waals surface area (Å²) < 4.78 is 0. The molecule has 0 saturated carbocycles. The lowest BCUT2D eigenvalue weighted by molar-refractivity contribution is -0.703. The van der Waals surface area contributed by atoms with Crippen molar-refractivity contribution in [2.24, 2.45) is 5.28 Å². The van der Waals surface area contributed by atoms with Crippen molar-refractivity contribution >= 4 is 17.8 Å². The summed E-state index contributed by atoms with van der Waals surface area (Å²) in [6.45, 7) is -1.13. The topological polar surface area (TPSA) is 126 Å². The molecule has 0 bridgehead atoms. The first kappa shape index (κ1) is 15.2. The molecule has 1 aliphatic heterocycles. The van der Waals surface area contributed by atoms with Gasteiger partial charge in [-0.3, -0.25) is 14.4 Å². The number of nitrogens with zero attached hydrogens (tertiary/aromatic N) is 4. The Morgan fingerprint density at radius 3 is 2.41 bits per heavy atom. The van der Waals surface area contributed by atoms with Crippen LogP contribution in [-0.4, -0.2) is 58.1 Å². The Hall–Kier alpha value is -3.17. The van der Waals surface area contributed by atoms with Crippen LogP contribution in [-0.2, 0) is 9.63 Å². The van der Waals surface area contributed by atoms with Gasteiger partial charge in [-0.25, -0.2) is 4.90 Å². The zero-order valence-electron chi connectivity index (χ0n) is 11.5. The maximum absolute atomic E-state index is 12.0. The van der Waals surface area contributed by atoms with Crippen molar-refractivity contribution in [3.8, 4) is 0 Å². The molecule has 0 atom stereocenters. The van der Waals surface area contributed by atoms with Crippen molar-refractivity contribution in [1.29, 1.82) is 0 Å². The van der Waals surface area contributed by atoms with Crippen LogP contribution < -0.4 is 0 Å². The number of aliphatic carboxylic acids is 1. The molecule has 1 aromatic rings. The fraction of sp³-hybridized carbons (Fsp3) is 0.250. The minimum absolute atomic E-state index is 0.0910.